The van der Waals surface area contributed by atoms with Gasteiger partial charge in [-0.3, -0.25) is 0 Å². The van der Waals surface area contributed by atoms with Crippen molar-refractivity contribution in [2.24, 2.45) is 0 Å². The molecular weight excluding hydrogens is 280 g/mol. The number of rotatable bonds is 4. The second-order valence-electron chi connectivity index (χ2n) is 4.88. The number of para-hydroxylation sites is 1. The Labute approximate surface area is 126 Å². The van der Waals surface area contributed by atoms with Crippen LogP contribution in [-0.2, 0) is 13.1 Å². The Morgan fingerprint density at radius 2 is 2.14 bits per heavy atom. The van der Waals surface area contributed by atoms with Crippen molar-refractivity contribution in [2.45, 2.75) is 20.0 Å². The van der Waals surface area contributed by atoms with Gasteiger partial charge in [0.25, 0.3) is 0 Å². The number of furan rings is 1. The van der Waals surface area contributed by atoms with Crippen LogP contribution in [0.3, 0.4) is 0 Å². The van der Waals surface area contributed by atoms with Crippen molar-refractivity contribution in [2.75, 3.05) is 5.32 Å². The molecule has 0 bridgehead atoms. The van der Waals surface area contributed by atoms with Crippen molar-refractivity contribution in [3.05, 3.63) is 42.7 Å². The van der Waals surface area contributed by atoms with Crippen LogP contribution in [0.25, 0.3) is 22.1 Å². The van der Waals surface area contributed by atoms with E-state index in [0.717, 1.165) is 28.9 Å². The molecule has 3 heterocycles. The second-order valence-corrected chi connectivity index (χ2v) is 4.88. The summed E-state index contributed by atoms with van der Waals surface area (Å²) in [6, 6.07) is 7.82. The summed E-state index contributed by atoms with van der Waals surface area (Å²) in [4.78, 5) is 8.61. The molecule has 1 N–H and O–H groups in total. The van der Waals surface area contributed by atoms with Crippen molar-refractivity contribution in [1.82, 2.24) is 24.7 Å². The molecule has 0 aliphatic carbocycles. The third-order valence-electron chi connectivity index (χ3n) is 3.61. The third kappa shape index (κ3) is 1.98. The largest absolute Gasteiger partial charge is 0.450 e. The van der Waals surface area contributed by atoms with Crippen LogP contribution in [0.5, 0.6) is 0 Å². The minimum Gasteiger partial charge on any atom is -0.450 e. The molecule has 7 nitrogen and oxygen atoms in total. The number of nitrogens with one attached hydrogen (secondary N) is 1. The van der Waals surface area contributed by atoms with E-state index < -0.39 is 0 Å². The topological polar surface area (TPSA) is 81.7 Å². The van der Waals surface area contributed by atoms with Crippen LogP contribution in [0.15, 0.2) is 41.3 Å². The molecule has 0 saturated heterocycles. The van der Waals surface area contributed by atoms with Gasteiger partial charge in [0.15, 0.2) is 17.2 Å². The summed E-state index contributed by atoms with van der Waals surface area (Å²) in [5.74, 6) is 1.51. The van der Waals surface area contributed by atoms with Crippen molar-refractivity contribution >= 4 is 27.9 Å². The molecule has 110 valence electrons. The highest BCUT2D eigenvalue weighted by Gasteiger charge is 2.13. The average molecular weight is 294 g/mol. The lowest BCUT2D eigenvalue weighted by molar-refractivity contribution is 0.665. The van der Waals surface area contributed by atoms with Crippen LogP contribution in [0.4, 0.5) is 5.82 Å². The smallest absolute Gasteiger partial charge is 0.196 e. The molecule has 3 aromatic heterocycles. The van der Waals surface area contributed by atoms with E-state index in [-0.39, 0.29) is 0 Å². The molecule has 0 atom stereocenters. The van der Waals surface area contributed by atoms with Crippen LogP contribution in [0.1, 0.15) is 12.7 Å². The first-order valence-corrected chi connectivity index (χ1v) is 7.09. The van der Waals surface area contributed by atoms with E-state index in [1.807, 2.05) is 28.8 Å². The predicted octanol–water partition coefficient (Wildman–Crippen LogP) is 2.60. The Hall–Kier alpha value is -2.96. The number of fused-ring (bicyclic) bond motifs is 3. The van der Waals surface area contributed by atoms with Gasteiger partial charge >= 0.3 is 0 Å². The van der Waals surface area contributed by atoms with Gasteiger partial charge in [0.05, 0.1) is 6.54 Å². The first-order chi connectivity index (χ1) is 10.9. The fourth-order valence-corrected chi connectivity index (χ4v) is 2.49. The van der Waals surface area contributed by atoms with E-state index in [1.165, 1.54) is 6.33 Å². The summed E-state index contributed by atoms with van der Waals surface area (Å²) in [7, 11) is 0. The number of hydrogen-bond acceptors (Lipinski definition) is 6. The molecule has 1 aromatic carbocycles. The summed E-state index contributed by atoms with van der Waals surface area (Å²) in [6.07, 6.45) is 3.25. The monoisotopic (exact) mass is 294 g/mol. The van der Waals surface area contributed by atoms with Crippen LogP contribution in [0.2, 0.25) is 0 Å². The number of nitrogens with zero attached hydrogens (tertiary/aromatic N) is 5. The lowest BCUT2D eigenvalue weighted by atomic mass is 10.2. The van der Waals surface area contributed by atoms with Crippen molar-refractivity contribution < 1.29 is 4.42 Å². The van der Waals surface area contributed by atoms with Gasteiger partial charge < -0.3 is 14.3 Å². The fourth-order valence-electron chi connectivity index (χ4n) is 2.49. The number of hydrogen-bond donors (Lipinski definition) is 1. The first kappa shape index (κ1) is 12.8. The van der Waals surface area contributed by atoms with Gasteiger partial charge in [-0.05, 0) is 19.1 Å². The Morgan fingerprint density at radius 1 is 1.23 bits per heavy atom. The van der Waals surface area contributed by atoms with E-state index in [1.54, 1.807) is 6.33 Å². The van der Waals surface area contributed by atoms with Crippen LogP contribution in [0, 0.1) is 0 Å². The maximum Gasteiger partial charge on any atom is 0.196 e. The van der Waals surface area contributed by atoms with Gasteiger partial charge in [0, 0.05) is 11.9 Å². The van der Waals surface area contributed by atoms with Crippen LogP contribution >= 0.6 is 0 Å². The zero-order chi connectivity index (χ0) is 14.9. The van der Waals surface area contributed by atoms with Gasteiger partial charge in [-0.25, -0.2) is 9.97 Å². The Kier molecular flexibility index (Phi) is 2.96. The van der Waals surface area contributed by atoms with Gasteiger partial charge in [0.2, 0.25) is 0 Å². The molecule has 7 heteroatoms. The van der Waals surface area contributed by atoms with Gasteiger partial charge in [0.1, 0.15) is 23.8 Å². The molecule has 0 radical (unpaired) electrons. The van der Waals surface area contributed by atoms with E-state index in [2.05, 4.69) is 32.4 Å². The molecule has 0 saturated carbocycles. The summed E-state index contributed by atoms with van der Waals surface area (Å²) in [5.41, 5.74) is 2.27. The molecule has 4 aromatic rings. The van der Waals surface area contributed by atoms with Gasteiger partial charge in [-0.15, -0.1) is 10.2 Å². The number of aryl methyl sites for hydroxylation is 1. The molecule has 0 amide bonds. The van der Waals surface area contributed by atoms with E-state index in [0.29, 0.717) is 17.9 Å². The summed E-state index contributed by atoms with van der Waals surface area (Å²) < 4.78 is 7.86. The predicted molar refractivity (Wildman–Crippen MR) is 82.3 cm³/mol. The molecule has 22 heavy (non-hydrogen) atoms. The third-order valence-corrected chi connectivity index (χ3v) is 3.61. The van der Waals surface area contributed by atoms with Gasteiger partial charge in [-0.2, -0.15) is 0 Å². The van der Waals surface area contributed by atoms with Crippen molar-refractivity contribution in [3.8, 4) is 0 Å². The Balaban J connectivity index is 1.72. The SMILES string of the molecule is CCn1cnnc1CNc1ncnc2c1oc1ccccc12. The van der Waals surface area contributed by atoms with Crippen molar-refractivity contribution in [3.63, 3.8) is 0 Å². The average Bonchev–Trinajstić information content (AvgIpc) is 3.17. The van der Waals surface area contributed by atoms with Crippen LogP contribution in [-0.4, -0.2) is 24.7 Å². The van der Waals surface area contributed by atoms with Crippen LogP contribution < -0.4 is 5.32 Å². The zero-order valence-electron chi connectivity index (χ0n) is 12.0. The van der Waals surface area contributed by atoms with Gasteiger partial charge in [-0.1, -0.05) is 12.1 Å². The molecule has 0 spiro atoms. The summed E-state index contributed by atoms with van der Waals surface area (Å²) >= 11 is 0. The molecule has 0 unspecified atom stereocenters. The minimum atomic E-state index is 0.525. The molecule has 0 aliphatic rings. The Morgan fingerprint density at radius 3 is 3.05 bits per heavy atom. The maximum absolute atomic E-state index is 5.88. The maximum atomic E-state index is 5.88. The highest BCUT2D eigenvalue weighted by Crippen LogP contribution is 2.30. The number of aromatic nitrogens is 5. The van der Waals surface area contributed by atoms with E-state index >= 15 is 0 Å². The normalized spacial score (nSPS) is 11.3. The van der Waals surface area contributed by atoms with E-state index in [9.17, 15) is 0 Å². The molecule has 0 fully saturated rings. The second kappa shape index (κ2) is 5.10. The molecular formula is C15H14N6O. The number of benzene rings is 1. The highest BCUT2D eigenvalue weighted by atomic mass is 16.3. The lowest BCUT2D eigenvalue weighted by Crippen LogP contribution is -2.08. The lowest BCUT2D eigenvalue weighted by Gasteiger charge is -2.06. The Bertz CT molecular complexity index is 941. The summed E-state index contributed by atoms with van der Waals surface area (Å²) in [5, 5.41) is 12.3. The minimum absolute atomic E-state index is 0.525. The quantitative estimate of drug-likeness (QED) is 0.623. The highest BCUT2D eigenvalue weighted by molar-refractivity contribution is 6.05. The standard InChI is InChI=1S/C15H14N6O/c1-2-21-9-19-20-12(21)7-16-15-14-13(17-8-18-15)10-5-3-4-6-11(10)22-14/h3-6,8-9H,2,7H2,1H3,(H,16,17,18). The molecule has 4 rings (SSSR count). The zero-order valence-corrected chi connectivity index (χ0v) is 12.0. The fraction of sp³-hybridized carbons (Fsp3) is 0.200. The number of anilines is 1. The summed E-state index contributed by atoms with van der Waals surface area (Å²) in [6.45, 7) is 3.40. The van der Waals surface area contributed by atoms with E-state index in [4.69, 9.17) is 4.42 Å². The molecule has 0 aliphatic heterocycles. The van der Waals surface area contributed by atoms with Crippen molar-refractivity contribution in [1.29, 1.82) is 0 Å². The first-order valence-electron chi connectivity index (χ1n) is 7.09.